The van der Waals surface area contributed by atoms with Crippen LogP contribution in [-0.2, 0) is 9.59 Å². The first-order valence-electron chi connectivity index (χ1n) is 9.46. The molecule has 2 aromatic rings. The van der Waals surface area contributed by atoms with E-state index in [9.17, 15) is 14.9 Å². The second-order valence-electron chi connectivity index (χ2n) is 6.94. The third-order valence-corrected chi connectivity index (χ3v) is 7.17. The Hall–Kier alpha value is -2.53. The van der Waals surface area contributed by atoms with Crippen LogP contribution in [0, 0.1) is 11.3 Å². The number of amides is 1. The maximum Gasteiger partial charge on any atom is 0.234 e. The number of carbonyl (C=O) groups is 2. The molecule has 1 atom stereocenters. The van der Waals surface area contributed by atoms with E-state index in [4.69, 9.17) is 11.6 Å². The SMILES string of the molecule is N#CC1=C(SCC(=O)Nc2ccc(Cl)cc2)NC2=C(C(=O)CCC2)[C@@H]1c1cccs1. The average molecular weight is 456 g/mol. The van der Waals surface area contributed by atoms with Crippen molar-refractivity contribution in [3.05, 3.63) is 73.6 Å². The average Bonchev–Trinajstić information content (AvgIpc) is 3.27. The highest BCUT2D eigenvalue weighted by Gasteiger charge is 2.37. The van der Waals surface area contributed by atoms with E-state index < -0.39 is 0 Å². The third-order valence-electron chi connectivity index (χ3n) is 4.97. The van der Waals surface area contributed by atoms with E-state index >= 15 is 0 Å². The van der Waals surface area contributed by atoms with Gasteiger partial charge in [-0.2, -0.15) is 5.26 Å². The number of hydrogen-bond donors (Lipinski definition) is 2. The Balaban J connectivity index is 1.56. The lowest BCUT2D eigenvalue weighted by molar-refractivity contribution is -0.116. The maximum atomic E-state index is 12.7. The van der Waals surface area contributed by atoms with Crippen molar-refractivity contribution in [2.75, 3.05) is 11.1 Å². The summed E-state index contributed by atoms with van der Waals surface area (Å²) in [6.07, 6.45) is 2.06. The Morgan fingerprint density at radius 3 is 2.80 bits per heavy atom. The van der Waals surface area contributed by atoms with Gasteiger partial charge in [0.05, 0.1) is 28.3 Å². The number of dihydropyridines is 1. The van der Waals surface area contributed by atoms with Crippen LogP contribution in [0.2, 0.25) is 5.02 Å². The molecule has 5 nitrogen and oxygen atoms in total. The molecule has 0 fully saturated rings. The predicted octanol–water partition coefficient (Wildman–Crippen LogP) is 5.20. The lowest BCUT2D eigenvalue weighted by atomic mass is 9.79. The number of benzene rings is 1. The van der Waals surface area contributed by atoms with Crippen molar-refractivity contribution in [1.29, 1.82) is 5.26 Å². The van der Waals surface area contributed by atoms with E-state index in [-0.39, 0.29) is 23.4 Å². The molecule has 1 amide bonds. The second-order valence-corrected chi connectivity index (χ2v) is 9.34. The maximum absolute atomic E-state index is 12.7. The number of ketones is 1. The van der Waals surface area contributed by atoms with Crippen LogP contribution in [0.3, 0.4) is 0 Å². The molecule has 152 valence electrons. The number of nitrogens with zero attached hydrogens (tertiary/aromatic N) is 1. The van der Waals surface area contributed by atoms with E-state index in [1.54, 1.807) is 24.3 Å². The fraction of sp³-hybridized carbons (Fsp3) is 0.227. The molecule has 0 unspecified atom stereocenters. The van der Waals surface area contributed by atoms with Gasteiger partial charge in [-0.15, -0.1) is 11.3 Å². The molecule has 1 aliphatic heterocycles. The zero-order valence-electron chi connectivity index (χ0n) is 15.9. The van der Waals surface area contributed by atoms with Crippen LogP contribution in [0.15, 0.2) is 63.7 Å². The summed E-state index contributed by atoms with van der Waals surface area (Å²) in [5.41, 5.74) is 2.74. The van der Waals surface area contributed by atoms with Gasteiger partial charge in [-0.1, -0.05) is 29.4 Å². The molecule has 1 aromatic heterocycles. The number of halogens is 1. The van der Waals surface area contributed by atoms with Crippen LogP contribution in [0.1, 0.15) is 30.1 Å². The molecule has 0 radical (unpaired) electrons. The largest absolute Gasteiger partial charge is 0.352 e. The first kappa shape index (κ1) is 20.7. The molecule has 2 heterocycles. The first-order chi connectivity index (χ1) is 14.6. The van der Waals surface area contributed by atoms with Crippen LogP contribution >= 0.6 is 34.7 Å². The minimum Gasteiger partial charge on any atom is -0.352 e. The van der Waals surface area contributed by atoms with Gasteiger partial charge in [0.1, 0.15) is 0 Å². The van der Waals surface area contributed by atoms with Crippen molar-refractivity contribution in [2.45, 2.75) is 25.2 Å². The molecule has 0 saturated carbocycles. The number of rotatable bonds is 5. The minimum atomic E-state index is -0.360. The summed E-state index contributed by atoms with van der Waals surface area (Å²) < 4.78 is 0. The van der Waals surface area contributed by atoms with Gasteiger partial charge in [-0.3, -0.25) is 9.59 Å². The van der Waals surface area contributed by atoms with Crippen LogP contribution < -0.4 is 10.6 Å². The Labute approximate surface area is 187 Å². The number of thioether (sulfide) groups is 1. The molecule has 2 N–H and O–H groups in total. The first-order valence-corrected chi connectivity index (χ1v) is 11.7. The zero-order chi connectivity index (χ0) is 21.1. The number of nitrogens with one attached hydrogen (secondary N) is 2. The summed E-state index contributed by atoms with van der Waals surface area (Å²) in [5.74, 6) is -0.300. The highest BCUT2D eigenvalue weighted by Crippen LogP contribution is 2.45. The van der Waals surface area contributed by atoms with Gasteiger partial charge < -0.3 is 10.6 Å². The van der Waals surface area contributed by atoms with E-state index in [2.05, 4.69) is 16.7 Å². The van der Waals surface area contributed by atoms with Gasteiger partial charge in [0.15, 0.2) is 5.78 Å². The lowest BCUT2D eigenvalue weighted by Crippen LogP contribution is -2.31. The summed E-state index contributed by atoms with van der Waals surface area (Å²) in [6.45, 7) is 0. The van der Waals surface area contributed by atoms with E-state index in [1.807, 2.05) is 17.5 Å². The Bertz CT molecular complexity index is 1080. The molecule has 8 heteroatoms. The van der Waals surface area contributed by atoms with Crippen LogP contribution in [0.4, 0.5) is 5.69 Å². The van der Waals surface area contributed by atoms with Crippen molar-refractivity contribution in [1.82, 2.24) is 5.32 Å². The van der Waals surface area contributed by atoms with Gasteiger partial charge in [0.2, 0.25) is 5.91 Å². The third kappa shape index (κ3) is 4.31. The molecular weight excluding hydrogens is 438 g/mol. The Kier molecular flexibility index (Phi) is 6.28. The van der Waals surface area contributed by atoms with Gasteiger partial charge >= 0.3 is 0 Å². The number of nitriles is 1. The molecule has 30 heavy (non-hydrogen) atoms. The minimum absolute atomic E-state index is 0.0967. The fourth-order valence-corrected chi connectivity index (χ4v) is 5.48. The molecule has 0 spiro atoms. The second kappa shape index (κ2) is 9.09. The standard InChI is InChI=1S/C22H18ClN3O2S2/c23-13-6-8-14(9-7-13)25-19(28)12-30-22-15(11-24)20(18-5-2-10-29-18)21-16(26-22)3-1-4-17(21)27/h2,5-10,20,26H,1,3-4,12H2,(H,25,28)/t20-/m0/s1. The normalized spacial score (nSPS) is 18.5. The molecule has 2 aliphatic rings. The van der Waals surface area contributed by atoms with Crippen LogP contribution in [0.25, 0.3) is 0 Å². The molecule has 0 bridgehead atoms. The molecule has 4 rings (SSSR count). The summed E-state index contributed by atoms with van der Waals surface area (Å²) in [7, 11) is 0. The molecule has 1 aliphatic carbocycles. The van der Waals surface area contributed by atoms with Crippen molar-refractivity contribution in [2.24, 2.45) is 0 Å². The summed E-state index contributed by atoms with van der Waals surface area (Å²) in [6, 6.07) is 13.1. The van der Waals surface area contributed by atoms with Gasteiger partial charge in [-0.05, 0) is 48.6 Å². The number of anilines is 1. The quantitative estimate of drug-likeness (QED) is 0.647. The predicted molar refractivity (Wildman–Crippen MR) is 121 cm³/mol. The Morgan fingerprint density at radius 1 is 1.30 bits per heavy atom. The number of hydrogen-bond acceptors (Lipinski definition) is 6. The molecular formula is C22H18ClN3O2S2. The van der Waals surface area contributed by atoms with Crippen molar-refractivity contribution in [3.8, 4) is 6.07 Å². The van der Waals surface area contributed by atoms with Crippen molar-refractivity contribution < 1.29 is 9.59 Å². The van der Waals surface area contributed by atoms with Gasteiger partial charge in [0.25, 0.3) is 0 Å². The monoisotopic (exact) mass is 455 g/mol. The van der Waals surface area contributed by atoms with Crippen molar-refractivity contribution in [3.63, 3.8) is 0 Å². The highest BCUT2D eigenvalue weighted by atomic mass is 35.5. The number of carbonyl (C=O) groups excluding carboxylic acids is 2. The molecule has 1 aromatic carbocycles. The van der Waals surface area contributed by atoms with E-state index in [0.29, 0.717) is 33.3 Å². The lowest BCUT2D eigenvalue weighted by Gasteiger charge is -2.32. The number of Topliss-reactive ketones (excluding diaryl/α,β-unsaturated/α-hetero) is 1. The van der Waals surface area contributed by atoms with E-state index in [1.165, 1.54) is 23.1 Å². The number of allylic oxidation sites excluding steroid dienone is 3. The number of thiophene rings is 1. The van der Waals surface area contributed by atoms with E-state index in [0.717, 1.165) is 23.4 Å². The van der Waals surface area contributed by atoms with Crippen LogP contribution in [0.5, 0.6) is 0 Å². The summed E-state index contributed by atoms with van der Waals surface area (Å²) in [4.78, 5) is 26.1. The fourth-order valence-electron chi connectivity index (χ4n) is 3.65. The topological polar surface area (TPSA) is 82.0 Å². The van der Waals surface area contributed by atoms with Gasteiger partial charge in [-0.25, -0.2) is 0 Å². The summed E-state index contributed by atoms with van der Waals surface area (Å²) in [5, 5.41) is 19.2. The Morgan fingerprint density at radius 2 is 2.10 bits per heavy atom. The smallest absolute Gasteiger partial charge is 0.234 e. The van der Waals surface area contributed by atoms with Crippen molar-refractivity contribution >= 4 is 52.1 Å². The van der Waals surface area contributed by atoms with Crippen LogP contribution in [-0.4, -0.2) is 17.4 Å². The summed E-state index contributed by atoms with van der Waals surface area (Å²) >= 11 is 8.70. The zero-order valence-corrected chi connectivity index (χ0v) is 18.3. The highest BCUT2D eigenvalue weighted by molar-refractivity contribution is 8.03. The van der Waals surface area contributed by atoms with Gasteiger partial charge in [0, 0.05) is 33.3 Å². The molecule has 0 saturated heterocycles.